The molecule has 0 saturated carbocycles. The SMILES string of the molecule is COc1ccc(-n2nc([N+](=O)[O-])cc2[N+](=O)[O-])cc1. The van der Waals surface area contributed by atoms with Crippen molar-refractivity contribution in [2.24, 2.45) is 0 Å². The summed E-state index contributed by atoms with van der Waals surface area (Å²) in [5.41, 5.74) is 0.334. The Balaban J connectivity index is 2.52. The van der Waals surface area contributed by atoms with Gasteiger partial charge in [-0.25, -0.2) is 0 Å². The van der Waals surface area contributed by atoms with Gasteiger partial charge in [-0.15, -0.1) is 0 Å². The number of hydrogen-bond donors (Lipinski definition) is 0. The van der Waals surface area contributed by atoms with E-state index in [0.29, 0.717) is 11.4 Å². The first-order valence-electron chi connectivity index (χ1n) is 5.06. The Kier molecular flexibility index (Phi) is 3.10. The zero-order chi connectivity index (χ0) is 14.0. The molecular weight excluding hydrogens is 256 g/mol. The average Bonchev–Trinajstić information content (AvgIpc) is 2.84. The normalized spacial score (nSPS) is 10.2. The molecule has 1 aromatic heterocycles. The van der Waals surface area contributed by atoms with Gasteiger partial charge in [-0.1, -0.05) is 0 Å². The molecule has 19 heavy (non-hydrogen) atoms. The quantitative estimate of drug-likeness (QED) is 0.613. The fraction of sp³-hybridized carbons (Fsp3) is 0.100. The highest BCUT2D eigenvalue weighted by Gasteiger charge is 2.29. The van der Waals surface area contributed by atoms with Gasteiger partial charge in [-0.2, -0.15) is 0 Å². The van der Waals surface area contributed by atoms with Gasteiger partial charge in [0.25, 0.3) is 0 Å². The van der Waals surface area contributed by atoms with Crippen LogP contribution in [0.15, 0.2) is 30.3 Å². The van der Waals surface area contributed by atoms with Crippen molar-refractivity contribution in [3.63, 3.8) is 0 Å². The summed E-state index contributed by atoms with van der Waals surface area (Å²) >= 11 is 0. The third-order valence-corrected chi connectivity index (χ3v) is 2.37. The lowest BCUT2D eigenvalue weighted by atomic mass is 10.3. The molecule has 0 amide bonds. The van der Waals surface area contributed by atoms with E-state index in [1.165, 1.54) is 19.2 Å². The molecule has 0 radical (unpaired) electrons. The van der Waals surface area contributed by atoms with Crippen molar-refractivity contribution in [1.82, 2.24) is 9.78 Å². The Bertz CT molecular complexity index is 634. The first kappa shape index (κ1) is 12.5. The van der Waals surface area contributed by atoms with Crippen LogP contribution < -0.4 is 4.74 Å². The molecule has 0 atom stereocenters. The zero-order valence-corrected chi connectivity index (χ0v) is 9.72. The predicted octanol–water partition coefficient (Wildman–Crippen LogP) is 1.70. The van der Waals surface area contributed by atoms with Crippen LogP contribution in [0.2, 0.25) is 0 Å². The molecule has 0 fully saturated rings. The van der Waals surface area contributed by atoms with Crippen LogP contribution >= 0.6 is 0 Å². The zero-order valence-electron chi connectivity index (χ0n) is 9.72. The maximum absolute atomic E-state index is 10.9. The Morgan fingerprint density at radius 2 is 1.79 bits per heavy atom. The minimum Gasteiger partial charge on any atom is -0.497 e. The smallest absolute Gasteiger partial charge is 0.420 e. The molecule has 0 saturated heterocycles. The third-order valence-electron chi connectivity index (χ3n) is 2.37. The van der Waals surface area contributed by atoms with Gasteiger partial charge < -0.3 is 25.0 Å². The molecule has 0 bridgehead atoms. The van der Waals surface area contributed by atoms with Crippen LogP contribution in [0, 0.1) is 20.2 Å². The minimum absolute atomic E-state index is 0.334. The molecule has 0 aliphatic heterocycles. The first-order chi connectivity index (χ1) is 9.02. The summed E-state index contributed by atoms with van der Waals surface area (Å²) in [6.45, 7) is 0. The fourth-order valence-corrected chi connectivity index (χ4v) is 1.49. The molecule has 9 nitrogen and oxygen atoms in total. The lowest BCUT2D eigenvalue weighted by molar-refractivity contribution is -0.394. The second-order valence-corrected chi connectivity index (χ2v) is 3.48. The van der Waals surface area contributed by atoms with Crippen molar-refractivity contribution in [2.75, 3.05) is 7.11 Å². The Hall–Kier alpha value is -2.97. The van der Waals surface area contributed by atoms with Gasteiger partial charge in [0.1, 0.15) is 11.8 Å². The van der Waals surface area contributed by atoms with Gasteiger partial charge >= 0.3 is 11.6 Å². The van der Waals surface area contributed by atoms with E-state index >= 15 is 0 Å². The molecule has 2 rings (SSSR count). The largest absolute Gasteiger partial charge is 0.497 e. The van der Waals surface area contributed by atoms with Gasteiger partial charge in [-0.05, 0) is 34.1 Å². The summed E-state index contributed by atoms with van der Waals surface area (Å²) in [6.07, 6.45) is 0. The molecule has 1 heterocycles. The maximum Gasteiger partial charge on any atom is 0.420 e. The molecule has 0 spiro atoms. The van der Waals surface area contributed by atoms with E-state index in [2.05, 4.69) is 5.10 Å². The van der Waals surface area contributed by atoms with Gasteiger partial charge in [0, 0.05) is 4.68 Å². The third kappa shape index (κ3) is 2.34. The average molecular weight is 264 g/mol. The summed E-state index contributed by atoms with van der Waals surface area (Å²) in [5, 5.41) is 25.1. The van der Waals surface area contributed by atoms with Gasteiger partial charge in [0.2, 0.25) is 0 Å². The van der Waals surface area contributed by atoms with Crippen molar-refractivity contribution in [1.29, 1.82) is 0 Å². The number of hydrogen-bond acceptors (Lipinski definition) is 6. The molecule has 0 N–H and O–H groups in total. The molecule has 2 aromatic rings. The monoisotopic (exact) mass is 264 g/mol. The van der Waals surface area contributed by atoms with E-state index < -0.39 is 21.5 Å². The van der Waals surface area contributed by atoms with E-state index in [-0.39, 0.29) is 0 Å². The minimum atomic E-state index is -0.785. The Labute approximate surface area is 106 Å². The van der Waals surface area contributed by atoms with E-state index in [4.69, 9.17) is 4.74 Å². The number of nitro groups is 2. The lowest BCUT2D eigenvalue weighted by Gasteiger charge is -1.98. The van der Waals surface area contributed by atoms with Crippen LogP contribution in [0.25, 0.3) is 5.69 Å². The van der Waals surface area contributed by atoms with Gasteiger partial charge in [0.15, 0.2) is 10.8 Å². The first-order valence-corrected chi connectivity index (χ1v) is 5.06. The number of ether oxygens (including phenoxy) is 1. The Morgan fingerprint density at radius 3 is 2.26 bits per heavy atom. The molecule has 9 heteroatoms. The van der Waals surface area contributed by atoms with Crippen molar-refractivity contribution in [2.45, 2.75) is 0 Å². The summed E-state index contributed by atoms with van der Waals surface area (Å²) in [6, 6.07) is 6.99. The van der Waals surface area contributed by atoms with Gasteiger partial charge in [0.05, 0.1) is 7.11 Å². The number of benzene rings is 1. The topological polar surface area (TPSA) is 113 Å². The summed E-state index contributed by atoms with van der Waals surface area (Å²) in [4.78, 5) is 19.9. The molecule has 0 aliphatic rings. The Morgan fingerprint density at radius 1 is 1.16 bits per heavy atom. The molecule has 0 aliphatic carbocycles. The van der Waals surface area contributed by atoms with Gasteiger partial charge in [-0.3, -0.25) is 0 Å². The standard InChI is InChI=1S/C10H8N4O5/c1-19-8-4-2-7(3-5-8)12-10(14(17)18)6-9(11-12)13(15)16/h2-6H,1H3. The number of nitrogens with zero attached hydrogens (tertiary/aromatic N) is 4. The molecule has 0 unspecified atom stereocenters. The molecular formula is C10H8N4O5. The highest BCUT2D eigenvalue weighted by atomic mass is 16.6. The molecule has 98 valence electrons. The summed E-state index contributed by atoms with van der Waals surface area (Å²) < 4.78 is 5.85. The van der Waals surface area contributed by atoms with Crippen molar-refractivity contribution in [3.8, 4) is 11.4 Å². The second-order valence-electron chi connectivity index (χ2n) is 3.48. The van der Waals surface area contributed by atoms with E-state index in [9.17, 15) is 20.2 Å². The van der Waals surface area contributed by atoms with Crippen LogP contribution in [0.3, 0.4) is 0 Å². The maximum atomic E-state index is 10.9. The van der Waals surface area contributed by atoms with Crippen LogP contribution in [0.1, 0.15) is 0 Å². The van der Waals surface area contributed by atoms with Crippen molar-refractivity contribution in [3.05, 3.63) is 50.6 Å². The van der Waals surface area contributed by atoms with E-state index in [1.807, 2.05) is 0 Å². The number of aromatic nitrogens is 2. The highest BCUT2D eigenvalue weighted by Crippen LogP contribution is 2.24. The predicted molar refractivity (Wildman–Crippen MR) is 63.4 cm³/mol. The lowest BCUT2D eigenvalue weighted by Crippen LogP contribution is -2.02. The second kappa shape index (κ2) is 4.72. The van der Waals surface area contributed by atoms with E-state index in [0.717, 1.165) is 10.7 Å². The van der Waals surface area contributed by atoms with Crippen LogP contribution in [-0.2, 0) is 0 Å². The van der Waals surface area contributed by atoms with Crippen LogP contribution in [0.4, 0.5) is 11.6 Å². The number of methoxy groups -OCH3 is 1. The van der Waals surface area contributed by atoms with Crippen LogP contribution in [-0.4, -0.2) is 26.7 Å². The van der Waals surface area contributed by atoms with Crippen molar-refractivity contribution >= 4 is 11.6 Å². The fourth-order valence-electron chi connectivity index (χ4n) is 1.49. The number of rotatable bonds is 4. The summed E-state index contributed by atoms with van der Waals surface area (Å²) in [7, 11) is 1.48. The van der Waals surface area contributed by atoms with E-state index in [1.54, 1.807) is 12.1 Å². The van der Waals surface area contributed by atoms with Crippen LogP contribution in [0.5, 0.6) is 5.75 Å². The van der Waals surface area contributed by atoms with Crippen molar-refractivity contribution < 1.29 is 14.6 Å². The summed E-state index contributed by atoms with van der Waals surface area (Å²) in [5.74, 6) is -0.493. The molecule has 1 aromatic carbocycles. The highest BCUT2D eigenvalue weighted by molar-refractivity contribution is 5.44.